The van der Waals surface area contributed by atoms with E-state index >= 15 is 0 Å². The summed E-state index contributed by atoms with van der Waals surface area (Å²) in [6.45, 7) is 5.11. The molecule has 5 heteroatoms. The highest BCUT2D eigenvalue weighted by Crippen LogP contribution is 2.28. The first-order valence-electron chi connectivity index (χ1n) is 10.3. The Balaban J connectivity index is 1.52. The molecule has 2 amide bonds. The summed E-state index contributed by atoms with van der Waals surface area (Å²) in [5.74, 6) is -0.223. The van der Waals surface area contributed by atoms with Crippen LogP contribution in [0.2, 0.25) is 0 Å². The van der Waals surface area contributed by atoms with Gasteiger partial charge in [-0.3, -0.25) is 9.59 Å². The van der Waals surface area contributed by atoms with Crippen molar-refractivity contribution in [3.05, 3.63) is 75.8 Å². The lowest BCUT2D eigenvalue weighted by molar-refractivity contribution is -0.121. The molecule has 0 bridgehead atoms. The van der Waals surface area contributed by atoms with Crippen molar-refractivity contribution in [1.82, 2.24) is 4.90 Å². The van der Waals surface area contributed by atoms with Gasteiger partial charge in [-0.25, -0.2) is 0 Å². The number of carbonyl (C=O) groups is 2. The molecular weight excluding hydrogens is 440 g/mol. The number of benzene rings is 3. The second-order valence-corrected chi connectivity index (χ2v) is 8.94. The van der Waals surface area contributed by atoms with Crippen LogP contribution < -0.4 is 5.32 Å². The van der Waals surface area contributed by atoms with Crippen LogP contribution in [0.5, 0.6) is 0 Å². The average Bonchev–Trinajstić information content (AvgIpc) is 2.75. The van der Waals surface area contributed by atoms with E-state index in [1.165, 1.54) is 0 Å². The van der Waals surface area contributed by atoms with Crippen molar-refractivity contribution in [3.63, 3.8) is 0 Å². The molecule has 1 N–H and O–H groups in total. The van der Waals surface area contributed by atoms with Crippen molar-refractivity contribution < 1.29 is 9.59 Å². The van der Waals surface area contributed by atoms with Gasteiger partial charge in [-0.05, 0) is 66.8 Å². The summed E-state index contributed by atoms with van der Waals surface area (Å²) in [7, 11) is 0. The second-order valence-electron chi connectivity index (χ2n) is 8.02. The Labute approximate surface area is 185 Å². The summed E-state index contributed by atoms with van der Waals surface area (Å²) in [6.07, 6.45) is 1.62. The lowest BCUT2D eigenvalue weighted by atomic mass is 9.95. The number of nitrogens with zero attached hydrogens (tertiary/aromatic N) is 1. The molecule has 30 heavy (non-hydrogen) atoms. The van der Waals surface area contributed by atoms with Crippen LogP contribution in [0.25, 0.3) is 10.8 Å². The fraction of sp³-hybridized carbons (Fsp3) is 0.280. The molecule has 0 spiro atoms. The van der Waals surface area contributed by atoms with Crippen LogP contribution in [0.4, 0.5) is 5.69 Å². The van der Waals surface area contributed by atoms with Crippen LogP contribution in [0.15, 0.2) is 59.1 Å². The summed E-state index contributed by atoms with van der Waals surface area (Å²) >= 11 is 3.50. The average molecular weight is 465 g/mol. The van der Waals surface area contributed by atoms with E-state index in [2.05, 4.69) is 21.2 Å². The summed E-state index contributed by atoms with van der Waals surface area (Å²) in [5, 5.41) is 5.11. The fourth-order valence-electron chi connectivity index (χ4n) is 4.29. The number of aryl methyl sites for hydroxylation is 2. The van der Waals surface area contributed by atoms with E-state index in [1.807, 2.05) is 73.3 Å². The van der Waals surface area contributed by atoms with E-state index in [0.717, 1.165) is 44.9 Å². The molecule has 0 saturated carbocycles. The molecule has 3 aromatic rings. The number of hydrogen-bond donors (Lipinski definition) is 1. The van der Waals surface area contributed by atoms with Crippen LogP contribution >= 0.6 is 15.9 Å². The maximum atomic E-state index is 13.3. The highest BCUT2D eigenvalue weighted by atomic mass is 79.9. The van der Waals surface area contributed by atoms with E-state index in [0.29, 0.717) is 18.7 Å². The Bertz CT molecular complexity index is 1100. The van der Waals surface area contributed by atoms with Crippen molar-refractivity contribution in [1.29, 1.82) is 0 Å². The highest BCUT2D eigenvalue weighted by molar-refractivity contribution is 9.10. The number of halogens is 1. The molecule has 154 valence electrons. The van der Waals surface area contributed by atoms with E-state index in [-0.39, 0.29) is 17.7 Å². The SMILES string of the molecule is Cc1cc(Br)cc(C)c1NC(=O)C1CCCN(C(=O)c2cccc3ccccc23)C1. The van der Waals surface area contributed by atoms with Gasteiger partial charge in [0, 0.05) is 28.8 Å². The molecule has 0 aromatic heterocycles. The summed E-state index contributed by atoms with van der Waals surface area (Å²) in [6, 6.07) is 17.7. The second kappa shape index (κ2) is 8.60. The van der Waals surface area contributed by atoms with Crippen LogP contribution in [0.1, 0.15) is 34.3 Å². The van der Waals surface area contributed by atoms with Gasteiger partial charge in [-0.1, -0.05) is 52.3 Å². The molecule has 0 aliphatic carbocycles. The molecule has 1 saturated heterocycles. The van der Waals surface area contributed by atoms with E-state index in [4.69, 9.17) is 0 Å². The monoisotopic (exact) mass is 464 g/mol. The minimum atomic E-state index is -0.208. The molecule has 3 aromatic carbocycles. The molecular formula is C25H25BrN2O2. The van der Waals surface area contributed by atoms with Gasteiger partial charge in [-0.2, -0.15) is 0 Å². The number of rotatable bonds is 3. The molecule has 0 radical (unpaired) electrons. The normalized spacial score (nSPS) is 16.5. The van der Waals surface area contributed by atoms with Crippen molar-refractivity contribution in [3.8, 4) is 0 Å². The zero-order valence-electron chi connectivity index (χ0n) is 17.2. The molecule has 1 aliphatic heterocycles. The first-order chi connectivity index (χ1) is 14.4. The third-order valence-electron chi connectivity index (χ3n) is 5.85. The molecule has 1 fully saturated rings. The van der Waals surface area contributed by atoms with Gasteiger partial charge in [0.2, 0.25) is 5.91 Å². The molecule has 4 nitrogen and oxygen atoms in total. The molecule has 1 heterocycles. The summed E-state index contributed by atoms with van der Waals surface area (Å²) in [5.41, 5.74) is 3.61. The number of fused-ring (bicyclic) bond motifs is 1. The number of likely N-dealkylation sites (tertiary alicyclic amines) is 1. The van der Waals surface area contributed by atoms with Gasteiger partial charge in [-0.15, -0.1) is 0 Å². The quantitative estimate of drug-likeness (QED) is 0.539. The Morgan fingerprint density at radius 3 is 2.50 bits per heavy atom. The van der Waals surface area contributed by atoms with E-state index in [1.54, 1.807) is 0 Å². The minimum absolute atomic E-state index is 0.000280. The Morgan fingerprint density at radius 2 is 1.73 bits per heavy atom. The summed E-state index contributed by atoms with van der Waals surface area (Å²) < 4.78 is 1.00. The van der Waals surface area contributed by atoms with Gasteiger partial charge in [0.1, 0.15) is 0 Å². The third-order valence-corrected chi connectivity index (χ3v) is 6.30. The number of anilines is 1. The van der Waals surface area contributed by atoms with Gasteiger partial charge < -0.3 is 10.2 Å². The number of piperidine rings is 1. The minimum Gasteiger partial charge on any atom is -0.338 e. The Morgan fingerprint density at radius 1 is 1.03 bits per heavy atom. The van der Waals surface area contributed by atoms with Gasteiger partial charge >= 0.3 is 0 Å². The molecule has 1 atom stereocenters. The zero-order chi connectivity index (χ0) is 21.3. The first-order valence-corrected chi connectivity index (χ1v) is 11.1. The number of carbonyl (C=O) groups excluding carboxylic acids is 2. The number of amides is 2. The molecule has 1 unspecified atom stereocenters. The number of nitrogens with one attached hydrogen (secondary N) is 1. The number of hydrogen-bond acceptors (Lipinski definition) is 2. The lowest BCUT2D eigenvalue weighted by Gasteiger charge is -2.32. The van der Waals surface area contributed by atoms with E-state index in [9.17, 15) is 9.59 Å². The van der Waals surface area contributed by atoms with Crippen molar-refractivity contribution in [2.24, 2.45) is 5.92 Å². The first kappa shape index (κ1) is 20.6. The zero-order valence-corrected chi connectivity index (χ0v) is 18.8. The van der Waals surface area contributed by atoms with E-state index < -0.39 is 0 Å². The van der Waals surface area contributed by atoms with Crippen LogP contribution in [0, 0.1) is 19.8 Å². The van der Waals surface area contributed by atoms with Crippen molar-refractivity contribution in [2.45, 2.75) is 26.7 Å². The third kappa shape index (κ3) is 4.12. The summed E-state index contributed by atoms with van der Waals surface area (Å²) in [4.78, 5) is 28.1. The Kier molecular flexibility index (Phi) is 5.91. The Hall–Kier alpha value is -2.66. The lowest BCUT2D eigenvalue weighted by Crippen LogP contribution is -2.43. The topological polar surface area (TPSA) is 49.4 Å². The van der Waals surface area contributed by atoms with Crippen LogP contribution in [0.3, 0.4) is 0 Å². The smallest absolute Gasteiger partial charge is 0.254 e. The highest BCUT2D eigenvalue weighted by Gasteiger charge is 2.30. The fourth-order valence-corrected chi connectivity index (χ4v) is 4.98. The predicted molar refractivity (Wildman–Crippen MR) is 125 cm³/mol. The van der Waals surface area contributed by atoms with Crippen molar-refractivity contribution >= 4 is 44.2 Å². The van der Waals surface area contributed by atoms with Crippen molar-refractivity contribution in [2.75, 3.05) is 18.4 Å². The molecule has 4 rings (SSSR count). The van der Waals surface area contributed by atoms with Gasteiger partial charge in [0.05, 0.1) is 5.92 Å². The van der Waals surface area contributed by atoms with Crippen LogP contribution in [-0.4, -0.2) is 29.8 Å². The maximum Gasteiger partial charge on any atom is 0.254 e. The predicted octanol–water partition coefficient (Wildman–Crippen LogP) is 5.71. The maximum absolute atomic E-state index is 13.3. The molecule has 1 aliphatic rings. The van der Waals surface area contributed by atoms with Gasteiger partial charge in [0.15, 0.2) is 0 Å². The standard InChI is InChI=1S/C25H25BrN2O2/c1-16-13-20(26)14-17(2)23(16)27-24(29)19-9-6-12-28(15-19)25(30)22-11-5-8-18-7-3-4-10-21(18)22/h3-5,7-8,10-11,13-14,19H,6,9,12,15H2,1-2H3,(H,27,29). The van der Waals surface area contributed by atoms with Crippen LogP contribution in [-0.2, 0) is 4.79 Å². The van der Waals surface area contributed by atoms with Gasteiger partial charge in [0.25, 0.3) is 5.91 Å². The largest absolute Gasteiger partial charge is 0.338 e.